The summed E-state index contributed by atoms with van der Waals surface area (Å²) in [7, 11) is 1.62. The van der Waals surface area contributed by atoms with Crippen LogP contribution in [0, 0.1) is 6.92 Å². The van der Waals surface area contributed by atoms with Gasteiger partial charge in [0.05, 0.1) is 12.4 Å². The molecule has 94 valence electrons. The zero-order valence-electron chi connectivity index (χ0n) is 10.4. The van der Waals surface area contributed by atoms with E-state index in [1.54, 1.807) is 18.9 Å². The van der Waals surface area contributed by atoms with Crippen molar-refractivity contribution in [3.05, 3.63) is 35.4 Å². The van der Waals surface area contributed by atoms with Gasteiger partial charge in [-0.15, -0.1) is 11.8 Å². The molecular weight excluding hydrogens is 234 g/mol. The van der Waals surface area contributed by atoms with E-state index in [4.69, 9.17) is 4.74 Å². The monoisotopic (exact) mass is 253 g/mol. The molecule has 3 nitrogen and oxygen atoms in total. The number of aryl methyl sites for hydroxylation is 1. The number of benzene rings is 1. The van der Waals surface area contributed by atoms with E-state index in [1.165, 1.54) is 11.1 Å². The van der Waals surface area contributed by atoms with E-state index in [2.05, 4.69) is 36.5 Å². The van der Waals surface area contributed by atoms with E-state index in [1.807, 2.05) is 0 Å². The fourth-order valence-electron chi connectivity index (χ4n) is 1.29. The maximum Gasteiger partial charge on any atom is 0.230 e. The van der Waals surface area contributed by atoms with Crippen LogP contribution in [0.2, 0.25) is 0 Å². The van der Waals surface area contributed by atoms with E-state index in [0.717, 1.165) is 5.75 Å². The molecule has 0 aromatic heterocycles. The predicted octanol–water partition coefficient (Wildman–Crippen LogP) is 1.99. The molecule has 0 spiro atoms. The van der Waals surface area contributed by atoms with Gasteiger partial charge in [-0.05, 0) is 12.5 Å². The van der Waals surface area contributed by atoms with Crippen molar-refractivity contribution in [3.63, 3.8) is 0 Å². The van der Waals surface area contributed by atoms with Crippen molar-refractivity contribution in [2.24, 2.45) is 0 Å². The number of hydrogen-bond acceptors (Lipinski definition) is 3. The number of ether oxygens (including phenoxy) is 1. The Morgan fingerprint density at radius 2 is 2.06 bits per heavy atom. The highest BCUT2D eigenvalue weighted by molar-refractivity contribution is 7.99. The molecule has 1 aromatic rings. The predicted molar refractivity (Wildman–Crippen MR) is 72.2 cm³/mol. The summed E-state index contributed by atoms with van der Waals surface area (Å²) in [6.07, 6.45) is 0. The number of nitrogens with one attached hydrogen (secondary N) is 1. The number of carbonyl (C=O) groups is 1. The average Bonchev–Trinajstić information content (AvgIpc) is 2.32. The quantitative estimate of drug-likeness (QED) is 0.755. The van der Waals surface area contributed by atoms with Gasteiger partial charge in [0, 0.05) is 19.4 Å². The molecule has 1 aromatic carbocycles. The topological polar surface area (TPSA) is 38.3 Å². The van der Waals surface area contributed by atoms with E-state index >= 15 is 0 Å². The van der Waals surface area contributed by atoms with Crippen LogP contribution in [0.3, 0.4) is 0 Å². The maximum absolute atomic E-state index is 11.4. The smallest absolute Gasteiger partial charge is 0.230 e. The fourth-order valence-corrected chi connectivity index (χ4v) is 2.11. The molecule has 1 amide bonds. The van der Waals surface area contributed by atoms with Crippen LogP contribution >= 0.6 is 11.8 Å². The van der Waals surface area contributed by atoms with Gasteiger partial charge < -0.3 is 10.1 Å². The lowest BCUT2D eigenvalue weighted by Gasteiger charge is -2.04. The number of carbonyl (C=O) groups excluding carboxylic acids is 1. The van der Waals surface area contributed by atoms with Gasteiger partial charge in [0.2, 0.25) is 5.91 Å². The molecule has 0 aliphatic carbocycles. The minimum Gasteiger partial charge on any atom is -0.383 e. The molecular formula is C13H19NO2S. The SMILES string of the molecule is COCCNC(=O)CSCc1ccc(C)cc1. The minimum absolute atomic E-state index is 0.0687. The normalized spacial score (nSPS) is 10.2. The molecule has 0 fully saturated rings. The second-order valence-corrected chi connectivity index (χ2v) is 4.81. The molecule has 0 atom stereocenters. The lowest BCUT2D eigenvalue weighted by molar-refractivity contribution is -0.118. The molecule has 1 N–H and O–H groups in total. The van der Waals surface area contributed by atoms with Crippen molar-refractivity contribution in [1.82, 2.24) is 5.32 Å². The summed E-state index contributed by atoms with van der Waals surface area (Å²) in [6, 6.07) is 8.39. The second kappa shape index (κ2) is 8.14. The Morgan fingerprint density at radius 3 is 2.71 bits per heavy atom. The first kappa shape index (κ1) is 14.1. The maximum atomic E-state index is 11.4. The van der Waals surface area contributed by atoms with Crippen LogP contribution in [-0.2, 0) is 15.3 Å². The van der Waals surface area contributed by atoms with Crippen LogP contribution in [0.4, 0.5) is 0 Å². The Kier molecular flexibility index (Phi) is 6.74. The highest BCUT2D eigenvalue weighted by Crippen LogP contribution is 2.12. The molecule has 0 aliphatic rings. The van der Waals surface area contributed by atoms with E-state index < -0.39 is 0 Å². The van der Waals surface area contributed by atoms with Crippen molar-refractivity contribution < 1.29 is 9.53 Å². The highest BCUT2D eigenvalue weighted by atomic mass is 32.2. The molecule has 17 heavy (non-hydrogen) atoms. The summed E-state index contributed by atoms with van der Waals surface area (Å²) >= 11 is 1.63. The van der Waals surface area contributed by atoms with Crippen LogP contribution < -0.4 is 5.32 Å². The van der Waals surface area contributed by atoms with Gasteiger partial charge in [0.15, 0.2) is 0 Å². The summed E-state index contributed by atoms with van der Waals surface area (Å²) in [4.78, 5) is 11.4. The molecule has 1 rings (SSSR count). The second-order valence-electron chi connectivity index (χ2n) is 3.82. The van der Waals surface area contributed by atoms with E-state index in [9.17, 15) is 4.79 Å². The number of methoxy groups -OCH3 is 1. The van der Waals surface area contributed by atoms with Gasteiger partial charge in [-0.1, -0.05) is 29.8 Å². The summed E-state index contributed by atoms with van der Waals surface area (Å²) in [5, 5.41) is 2.79. The molecule has 0 unspecified atom stereocenters. The Balaban J connectivity index is 2.14. The van der Waals surface area contributed by atoms with E-state index in [-0.39, 0.29) is 5.91 Å². The van der Waals surface area contributed by atoms with Crippen LogP contribution in [0.5, 0.6) is 0 Å². The van der Waals surface area contributed by atoms with Crippen LogP contribution in [0.25, 0.3) is 0 Å². The third-order valence-electron chi connectivity index (χ3n) is 2.25. The Labute approximate surface area is 107 Å². The van der Waals surface area contributed by atoms with Gasteiger partial charge in [-0.2, -0.15) is 0 Å². The Morgan fingerprint density at radius 1 is 1.35 bits per heavy atom. The number of hydrogen-bond donors (Lipinski definition) is 1. The van der Waals surface area contributed by atoms with Crippen molar-refractivity contribution in [3.8, 4) is 0 Å². The average molecular weight is 253 g/mol. The first-order valence-electron chi connectivity index (χ1n) is 5.61. The lowest BCUT2D eigenvalue weighted by atomic mass is 10.2. The first-order chi connectivity index (χ1) is 8.22. The number of rotatable bonds is 7. The third-order valence-corrected chi connectivity index (χ3v) is 3.25. The molecule has 0 radical (unpaired) electrons. The van der Waals surface area contributed by atoms with Gasteiger partial charge in [0.1, 0.15) is 0 Å². The van der Waals surface area contributed by atoms with Crippen molar-refractivity contribution in [2.45, 2.75) is 12.7 Å². The van der Waals surface area contributed by atoms with Crippen LogP contribution in [0.1, 0.15) is 11.1 Å². The first-order valence-corrected chi connectivity index (χ1v) is 6.77. The highest BCUT2D eigenvalue weighted by Gasteiger charge is 2.01. The summed E-state index contributed by atoms with van der Waals surface area (Å²) < 4.78 is 4.86. The minimum atomic E-state index is 0.0687. The summed E-state index contributed by atoms with van der Waals surface area (Å²) in [5.74, 6) is 1.44. The largest absolute Gasteiger partial charge is 0.383 e. The zero-order chi connectivity index (χ0) is 12.5. The lowest BCUT2D eigenvalue weighted by Crippen LogP contribution is -2.28. The van der Waals surface area contributed by atoms with E-state index in [0.29, 0.717) is 18.9 Å². The summed E-state index contributed by atoms with van der Waals surface area (Å²) in [6.45, 7) is 3.22. The van der Waals surface area contributed by atoms with Crippen LogP contribution in [0.15, 0.2) is 24.3 Å². The molecule has 4 heteroatoms. The fraction of sp³-hybridized carbons (Fsp3) is 0.462. The van der Waals surface area contributed by atoms with Gasteiger partial charge in [-0.25, -0.2) is 0 Å². The van der Waals surface area contributed by atoms with Crippen LogP contribution in [-0.4, -0.2) is 31.9 Å². The molecule has 0 bridgehead atoms. The van der Waals surface area contributed by atoms with Crippen molar-refractivity contribution in [1.29, 1.82) is 0 Å². The molecule has 0 aliphatic heterocycles. The third kappa shape index (κ3) is 6.34. The van der Waals surface area contributed by atoms with Gasteiger partial charge in [-0.3, -0.25) is 4.79 Å². The Hall–Kier alpha value is -1.00. The van der Waals surface area contributed by atoms with Crippen molar-refractivity contribution in [2.75, 3.05) is 26.0 Å². The number of amides is 1. The molecule has 0 heterocycles. The molecule has 0 saturated carbocycles. The number of thioether (sulfide) groups is 1. The van der Waals surface area contributed by atoms with Crippen molar-refractivity contribution >= 4 is 17.7 Å². The zero-order valence-corrected chi connectivity index (χ0v) is 11.2. The molecule has 0 saturated heterocycles. The Bertz CT molecular complexity index is 338. The van der Waals surface area contributed by atoms with Gasteiger partial charge in [0.25, 0.3) is 0 Å². The standard InChI is InChI=1S/C13H19NO2S/c1-11-3-5-12(6-4-11)9-17-10-13(15)14-7-8-16-2/h3-6H,7-10H2,1-2H3,(H,14,15). The van der Waals surface area contributed by atoms with Gasteiger partial charge >= 0.3 is 0 Å². The summed E-state index contributed by atoms with van der Waals surface area (Å²) in [5.41, 5.74) is 2.52.